The molecule has 5 aromatic rings. The van der Waals surface area contributed by atoms with E-state index in [0.29, 0.717) is 28.2 Å². The van der Waals surface area contributed by atoms with Crippen molar-refractivity contribution in [2.45, 2.75) is 5.60 Å². The number of hydrogen-bond acceptors (Lipinski definition) is 4. The Morgan fingerprint density at radius 1 is 0.688 bits per heavy atom. The van der Waals surface area contributed by atoms with Crippen LogP contribution in [0.3, 0.4) is 0 Å². The van der Waals surface area contributed by atoms with Crippen molar-refractivity contribution < 1.29 is 14.8 Å². The quantitative estimate of drug-likeness (QED) is 0.270. The van der Waals surface area contributed by atoms with Crippen molar-refractivity contribution in [3.05, 3.63) is 124 Å². The standard InChI is InChI=1S/C27H17NO4/c29-27(19-11-13-20(14-12-19)28(30)31)25-21-7-3-1-5-17(21)9-15-23(25)32-24-16-10-18-6-2-4-8-22(18)26(24)27/h1-16,29H. The van der Waals surface area contributed by atoms with Crippen LogP contribution in [0.4, 0.5) is 5.69 Å². The van der Waals surface area contributed by atoms with Crippen LogP contribution < -0.4 is 4.74 Å². The number of fused-ring (bicyclic) bond motifs is 6. The molecule has 0 unspecified atom stereocenters. The zero-order valence-corrected chi connectivity index (χ0v) is 16.9. The number of nitro groups is 1. The van der Waals surface area contributed by atoms with Gasteiger partial charge in [-0.25, -0.2) is 0 Å². The maximum atomic E-state index is 12.6. The SMILES string of the molecule is O=[N+]([O-])c1ccc(C2(O)c3c(ccc4ccccc34)Oc3ccc4ccccc4c32)cc1. The van der Waals surface area contributed by atoms with Gasteiger partial charge in [0.15, 0.2) is 0 Å². The van der Waals surface area contributed by atoms with E-state index in [1.165, 1.54) is 12.1 Å². The summed E-state index contributed by atoms with van der Waals surface area (Å²) in [5.41, 5.74) is 0.212. The fourth-order valence-electron chi connectivity index (χ4n) is 4.78. The van der Waals surface area contributed by atoms with Gasteiger partial charge >= 0.3 is 0 Å². The van der Waals surface area contributed by atoms with E-state index < -0.39 is 10.5 Å². The summed E-state index contributed by atoms with van der Waals surface area (Å²) in [6, 6.07) is 29.4. The normalized spacial score (nSPS) is 13.9. The Hall–Kier alpha value is -4.22. The molecule has 1 N–H and O–H groups in total. The second-order valence-corrected chi connectivity index (χ2v) is 7.94. The molecule has 5 aromatic carbocycles. The Kier molecular flexibility index (Phi) is 3.85. The molecule has 0 amide bonds. The number of aliphatic hydroxyl groups is 1. The first-order valence-corrected chi connectivity index (χ1v) is 10.3. The van der Waals surface area contributed by atoms with E-state index in [9.17, 15) is 15.2 Å². The number of benzene rings is 5. The Labute approximate surface area is 183 Å². The molecule has 0 atom stereocenters. The average molecular weight is 419 g/mol. The molecular weight excluding hydrogens is 402 g/mol. The van der Waals surface area contributed by atoms with E-state index >= 15 is 0 Å². The Bertz CT molecular complexity index is 1450. The van der Waals surface area contributed by atoms with Crippen molar-refractivity contribution >= 4 is 27.2 Å². The molecule has 0 bridgehead atoms. The van der Waals surface area contributed by atoms with Crippen molar-refractivity contribution in [2.24, 2.45) is 0 Å². The van der Waals surface area contributed by atoms with Crippen LogP contribution in [0.15, 0.2) is 97.1 Å². The summed E-state index contributed by atoms with van der Waals surface area (Å²) >= 11 is 0. The lowest BCUT2D eigenvalue weighted by atomic mass is 9.74. The first-order chi connectivity index (χ1) is 15.6. The monoisotopic (exact) mass is 419 g/mol. The van der Waals surface area contributed by atoms with Gasteiger partial charge < -0.3 is 9.84 Å². The van der Waals surface area contributed by atoms with Gasteiger partial charge in [0, 0.05) is 23.3 Å². The van der Waals surface area contributed by atoms with E-state index in [2.05, 4.69) is 0 Å². The minimum Gasteiger partial charge on any atom is -0.456 e. The van der Waals surface area contributed by atoms with Gasteiger partial charge in [0.1, 0.15) is 17.1 Å². The lowest BCUT2D eigenvalue weighted by Gasteiger charge is -2.38. The lowest BCUT2D eigenvalue weighted by Crippen LogP contribution is -2.33. The number of non-ortho nitro benzene ring substituents is 1. The molecule has 0 saturated heterocycles. The molecule has 0 saturated carbocycles. The molecular formula is C27H17NO4. The highest BCUT2D eigenvalue weighted by atomic mass is 16.6. The molecule has 0 fully saturated rings. The maximum Gasteiger partial charge on any atom is 0.269 e. The van der Waals surface area contributed by atoms with E-state index in [4.69, 9.17) is 4.74 Å². The van der Waals surface area contributed by atoms with Gasteiger partial charge in [0.25, 0.3) is 5.69 Å². The molecule has 1 aliphatic heterocycles. The van der Waals surface area contributed by atoms with Gasteiger partial charge in [-0.1, -0.05) is 60.7 Å². The van der Waals surface area contributed by atoms with Crippen LogP contribution in [0.5, 0.6) is 11.5 Å². The highest BCUT2D eigenvalue weighted by Crippen LogP contribution is 2.54. The van der Waals surface area contributed by atoms with Crippen molar-refractivity contribution in [3.8, 4) is 11.5 Å². The van der Waals surface area contributed by atoms with Gasteiger partial charge in [0.05, 0.1) is 4.92 Å². The summed E-state index contributed by atoms with van der Waals surface area (Å²) in [4.78, 5) is 10.8. The van der Waals surface area contributed by atoms with E-state index in [0.717, 1.165) is 21.5 Å². The molecule has 0 radical (unpaired) electrons. The highest BCUT2D eigenvalue weighted by Gasteiger charge is 2.44. The van der Waals surface area contributed by atoms with Crippen LogP contribution in [0.2, 0.25) is 0 Å². The molecule has 6 rings (SSSR count). The third-order valence-electron chi connectivity index (χ3n) is 6.22. The number of hydrogen-bond donors (Lipinski definition) is 1. The van der Waals surface area contributed by atoms with Gasteiger partial charge in [-0.05, 0) is 51.4 Å². The second kappa shape index (κ2) is 6.64. The second-order valence-electron chi connectivity index (χ2n) is 7.94. The minimum atomic E-state index is -1.57. The molecule has 0 spiro atoms. The zero-order valence-electron chi connectivity index (χ0n) is 16.9. The molecule has 1 heterocycles. The largest absolute Gasteiger partial charge is 0.456 e. The maximum absolute atomic E-state index is 12.6. The van der Waals surface area contributed by atoms with E-state index in [1.807, 2.05) is 72.8 Å². The minimum absolute atomic E-state index is 0.0271. The van der Waals surface area contributed by atoms with Crippen LogP contribution in [0.25, 0.3) is 21.5 Å². The Morgan fingerprint density at radius 2 is 1.19 bits per heavy atom. The van der Waals surface area contributed by atoms with Crippen LogP contribution in [-0.2, 0) is 5.60 Å². The van der Waals surface area contributed by atoms with Crippen molar-refractivity contribution in [1.82, 2.24) is 0 Å². The predicted molar refractivity (Wildman–Crippen MR) is 123 cm³/mol. The molecule has 5 nitrogen and oxygen atoms in total. The summed E-state index contributed by atoms with van der Waals surface area (Å²) in [5, 5.41) is 27.5. The molecule has 32 heavy (non-hydrogen) atoms. The Morgan fingerprint density at radius 3 is 1.69 bits per heavy atom. The summed E-state index contributed by atoms with van der Waals surface area (Å²) in [6.07, 6.45) is 0. The van der Waals surface area contributed by atoms with Crippen LogP contribution in [-0.4, -0.2) is 10.0 Å². The lowest BCUT2D eigenvalue weighted by molar-refractivity contribution is -0.384. The fraction of sp³-hybridized carbons (Fsp3) is 0.0370. The molecule has 154 valence electrons. The molecule has 5 heteroatoms. The van der Waals surface area contributed by atoms with Crippen molar-refractivity contribution in [1.29, 1.82) is 0 Å². The van der Waals surface area contributed by atoms with Gasteiger partial charge in [0.2, 0.25) is 0 Å². The smallest absolute Gasteiger partial charge is 0.269 e. The van der Waals surface area contributed by atoms with Crippen LogP contribution >= 0.6 is 0 Å². The highest BCUT2D eigenvalue weighted by molar-refractivity contribution is 5.95. The van der Waals surface area contributed by atoms with Gasteiger partial charge in [-0.2, -0.15) is 0 Å². The first-order valence-electron chi connectivity index (χ1n) is 10.3. The number of rotatable bonds is 2. The predicted octanol–water partition coefficient (Wildman–Crippen LogP) is 6.29. The number of ether oxygens (including phenoxy) is 1. The summed E-state index contributed by atoms with van der Waals surface area (Å²) in [6.45, 7) is 0. The Balaban J connectivity index is 1.76. The summed E-state index contributed by atoms with van der Waals surface area (Å²) in [5.74, 6) is 1.12. The van der Waals surface area contributed by atoms with Crippen LogP contribution in [0.1, 0.15) is 16.7 Å². The molecule has 1 aliphatic rings. The van der Waals surface area contributed by atoms with Gasteiger partial charge in [-0.3, -0.25) is 10.1 Å². The van der Waals surface area contributed by atoms with E-state index in [-0.39, 0.29) is 5.69 Å². The fourth-order valence-corrected chi connectivity index (χ4v) is 4.78. The third-order valence-corrected chi connectivity index (χ3v) is 6.22. The average Bonchev–Trinajstić information content (AvgIpc) is 2.83. The zero-order chi connectivity index (χ0) is 21.9. The number of nitro benzene ring substituents is 1. The topological polar surface area (TPSA) is 72.6 Å². The van der Waals surface area contributed by atoms with Crippen molar-refractivity contribution in [3.63, 3.8) is 0 Å². The first kappa shape index (κ1) is 18.5. The summed E-state index contributed by atoms with van der Waals surface area (Å²) < 4.78 is 6.30. The van der Waals surface area contributed by atoms with Gasteiger partial charge in [-0.15, -0.1) is 0 Å². The van der Waals surface area contributed by atoms with E-state index in [1.54, 1.807) is 12.1 Å². The summed E-state index contributed by atoms with van der Waals surface area (Å²) in [7, 11) is 0. The molecule has 0 aliphatic carbocycles. The third kappa shape index (κ3) is 2.49. The molecule has 0 aromatic heterocycles. The van der Waals surface area contributed by atoms with Crippen molar-refractivity contribution in [2.75, 3.05) is 0 Å². The van der Waals surface area contributed by atoms with Crippen LogP contribution in [0, 0.1) is 10.1 Å². The number of nitrogens with zero attached hydrogens (tertiary/aromatic N) is 1.